The van der Waals surface area contributed by atoms with Gasteiger partial charge in [-0.15, -0.1) is 0 Å². The highest BCUT2D eigenvalue weighted by Gasteiger charge is 2.32. The maximum atomic E-state index is 12.6. The highest BCUT2D eigenvalue weighted by Crippen LogP contribution is 2.36. The van der Waals surface area contributed by atoms with Gasteiger partial charge in [-0.05, 0) is 17.0 Å². The summed E-state index contributed by atoms with van der Waals surface area (Å²) in [5.74, 6) is 0.601. The van der Waals surface area contributed by atoms with Crippen molar-refractivity contribution in [3.8, 4) is 0 Å². The van der Waals surface area contributed by atoms with Crippen LogP contribution in [0.4, 0.5) is 13.2 Å². The molecule has 0 aliphatic carbocycles. The van der Waals surface area contributed by atoms with E-state index in [0.717, 1.165) is 12.1 Å². The van der Waals surface area contributed by atoms with E-state index < -0.39 is 11.7 Å². The summed E-state index contributed by atoms with van der Waals surface area (Å²) in [5.41, 5.74) is -0.612. The van der Waals surface area contributed by atoms with Crippen LogP contribution < -0.4 is 0 Å². The Morgan fingerprint density at radius 2 is 1.76 bits per heavy atom. The van der Waals surface area contributed by atoms with E-state index in [9.17, 15) is 18.3 Å². The van der Waals surface area contributed by atoms with Crippen molar-refractivity contribution < 1.29 is 18.3 Å². The molecule has 0 amide bonds. The lowest BCUT2D eigenvalue weighted by Crippen LogP contribution is -2.23. The van der Waals surface area contributed by atoms with Crippen molar-refractivity contribution in [3.05, 3.63) is 41.3 Å². The fourth-order valence-corrected chi connectivity index (χ4v) is 1.64. The summed E-state index contributed by atoms with van der Waals surface area (Å²) >= 11 is 0. The van der Waals surface area contributed by atoms with Gasteiger partial charge in [0.1, 0.15) is 0 Å². The Morgan fingerprint density at radius 1 is 1.18 bits per heavy atom. The molecule has 0 spiro atoms. The van der Waals surface area contributed by atoms with Crippen LogP contribution >= 0.6 is 0 Å². The fourth-order valence-electron chi connectivity index (χ4n) is 1.64. The zero-order valence-electron chi connectivity index (χ0n) is 10.1. The van der Waals surface area contributed by atoms with Gasteiger partial charge in [0.2, 0.25) is 0 Å². The van der Waals surface area contributed by atoms with E-state index >= 15 is 0 Å². The highest BCUT2D eigenvalue weighted by atomic mass is 19.4. The Labute approximate surface area is 99.3 Å². The SMILES string of the molecule is CC(C)(C)[C](CO)c1cccc(C(F)(F)F)c1. The molecule has 1 rings (SSSR count). The molecular weight excluding hydrogens is 229 g/mol. The van der Waals surface area contributed by atoms with E-state index in [-0.39, 0.29) is 12.0 Å². The van der Waals surface area contributed by atoms with Crippen molar-refractivity contribution in [2.24, 2.45) is 5.41 Å². The number of halogens is 3. The lowest BCUT2D eigenvalue weighted by molar-refractivity contribution is -0.137. The summed E-state index contributed by atoms with van der Waals surface area (Å²) in [6.45, 7) is 5.33. The Morgan fingerprint density at radius 3 is 2.18 bits per heavy atom. The van der Waals surface area contributed by atoms with Gasteiger partial charge in [0.05, 0.1) is 12.2 Å². The lowest BCUT2D eigenvalue weighted by Gasteiger charge is -2.29. The number of aliphatic hydroxyl groups is 1. The number of alkyl halides is 3. The third kappa shape index (κ3) is 3.46. The third-order valence-corrected chi connectivity index (χ3v) is 2.60. The van der Waals surface area contributed by atoms with E-state index in [1.165, 1.54) is 6.07 Å². The Hall–Kier alpha value is -1.03. The average molecular weight is 245 g/mol. The monoisotopic (exact) mass is 245 g/mol. The molecule has 0 aromatic heterocycles. The van der Waals surface area contributed by atoms with Gasteiger partial charge >= 0.3 is 6.18 Å². The van der Waals surface area contributed by atoms with Gasteiger partial charge < -0.3 is 5.11 Å². The molecule has 0 aliphatic heterocycles. The van der Waals surface area contributed by atoms with E-state index in [0.29, 0.717) is 11.5 Å². The van der Waals surface area contributed by atoms with Gasteiger partial charge in [-0.1, -0.05) is 39.0 Å². The zero-order valence-corrected chi connectivity index (χ0v) is 10.1. The molecule has 1 N–H and O–H groups in total. The van der Waals surface area contributed by atoms with Crippen LogP contribution in [0.2, 0.25) is 0 Å². The predicted octanol–water partition coefficient (Wildman–Crippen LogP) is 3.67. The summed E-state index contributed by atoms with van der Waals surface area (Å²) in [6.07, 6.45) is -4.35. The van der Waals surface area contributed by atoms with Crippen LogP contribution in [0.15, 0.2) is 24.3 Å². The van der Waals surface area contributed by atoms with Crippen LogP contribution in [0.5, 0.6) is 0 Å². The minimum Gasteiger partial charge on any atom is -0.395 e. The van der Waals surface area contributed by atoms with Crippen LogP contribution in [-0.4, -0.2) is 11.7 Å². The summed E-state index contributed by atoms with van der Waals surface area (Å²) in [7, 11) is 0. The molecular formula is C13H16F3O. The standard InChI is InChI=1S/C13H16F3O/c1-12(2,3)11(8-17)9-5-4-6-10(7-9)13(14,15)16/h4-7,17H,8H2,1-3H3. The van der Waals surface area contributed by atoms with Gasteiger partial charge in [0.25, 0.3) is 0 Å². The largest absolute Gasteiger partial charge is 0.416 e. The number of rotatable bonds is 2. The minimum atomic E-state index is -4.35. The molecule has 0 saturated carbocycles. The van der Waals surface area contributed by atoms with Crippen molar-refractivity contribution in [2.75, 3.05) is 6.61 Å². The first-order chi connectivity index (χ1) is 7.66. The number of hydrogen-bond donors (Lipinski definition) is 1. The molecule has 0 heterocycles. The molecule has 0 fully saturated rings. The van der Waals surface area contributed by atoms with Crippen molar-refractivity contribution in [2.45, 2.75) is 26.9 Å². The molecule has 0 saturated heterocycles. The maximum Gasteiger partial charge on any atom is 0.416 e. The first-order valence-corrected chi connectivity index (χ1v) is 5.31. The topological polar surface area (TPSA) is 20.2 Å². The molecule has 95 valence electrons. The fraction of sp³-hybridized carbons (Fsp3) is 0.462. The molecule has 1 aromatic carbocycles. The van der Waals surface area contributed by atoms with E-state index in [2.05, 4.69) is 0 Å². The molecule has 0 bridgehead atoms. The summed E-state index contributed by atoms with van der Waals surface area (Å²) in [6, 6.07) is 5.06. The van der Waals surface area contributed by atoms with Crippen LogP contribution in [0.3, 0.4) is 0 Å². The Bertz CT molecular complexity index is 377. The van der Waals surface area contributed by atoms with Crippen LogP contribution in [0, 0.1) is 11.3 Å². The van der Waals surface area contributed by atoms with Crippen molar-refractivity contribution in [3.63, 3.8) is 0 Å². The lowest BCUT2D eigenvalue weighted by atomic mass is 9.77. The molecule has 1 radical (unpaired) electrons. The van der Waals surface area contributed by atoms with Crippen LogP contribution in [-0.2, 0) is 6.18 Å². The molecule has 0 unspecified atom stereocenters. The first-order valence-electron chi connectivity index (χ1n) is 5.31. The van der Waals surface area contributed by atoms with Crippen LogP contribution in [0.1, 0.15) is 31.9 Å². The second-order valence-electron chi connectivity index (χ2n) is 4.97. The summed E-state index contributed by atoms with van der Waals surface area (Å²) in [5, 5.41) is 9.29. The second kappa shape index (κ2) is 4.69. The van der Waals surface area contributed by atoms with E-state index in [4.69, 9.17) is 0 Å². The minimum absolute atomic E-state index is 0.245. The number of benzene rings is 1. The van der Waals surface area contributed by atoms with Crippen molar-refractivity contribution >= 4 is 0 Å². The third-order valence-electron chi connectivity index (χ3n) is 2.60. The predicted molar refractivity (Wildman–Crippen MR) is 60.3 cm³/mol. The zero-order chi connectivity index (χ0) is 13.3. The van der Waals surface area contributed by atoms with Gasteiger partial charge in [-0.3, -0.25) is 0 Å². The average Bonchev–Trinajstić information content (AvgIpc) is 2.15. The Balaban J connectivity index is 3.15. The second-order valence-corrected chi connectivity index (χ2v) is 4.97. The molecule has 1 aromatic rings. The number of aliphatic hydroxyl groups excluding tert-OH is 1. The maximum absolute atomic E-state index is 12.6. The van der Waals surface area contributed by atoms with Crippen molar-refractivity contribution in [1.29, 1.82) is 0 Å². The summed E-state index contributed by atoms with van der Waals surface area (Å²) < 4.78 is 37.7. The smallest absolute Gasteiger partial charge is 0.395 e. The first kappa shape index (κ1) is 14.0. The highest BCUT2D eigenvalue weighted by molar-refractivity contribution is 5.37. The molecule has 17 heavy (non-hydrogen) atoms. The molecule has 0 atom stereocenters. The normalized spacial score (nSPS) is 13.2. The van der Waals surface area contributed by atoms with Gasteiger partial charge in [-0.25, -0.2) is 0 Å². The summed E-state index contributed by atoms with van der Waals surface area (Å²) in [4.78, 5) is 0. The molecule has 1 nitrogen and oxygen atoms in total. The Kier molecular flexibility index (Phi) is 3.87. The number of hydrogen-bond acceptors (Lipinski definition) is 1. The molecule has 0 aliphatic rings. The van der Waals surface area contributed by atoms with Crippen molar-refractivity contribution in [1.82, 2.24) is 0 Å². The van der Waals surface area contributed by atoms with Gasteiger partial charge in [-0.2, -0.15) is 13.2 Å². The van der Waals surface area contributed by atoms with Crippen LogP contribution in [0.25, 0.3) is 0 Å². The van der Waals surface area contributed by atoms with Gasteiger partial charge in [0.15, 0.2) is 0 Å². The quantitative estimate of drug-likeness (QED) is 0.843. The van der Waals surface area contributed by atoms with E-state index in [1.54, 1.807) is 6.07 Å². The van der Waals surface area contributed by atoms with E-state index in [1.807, 2.05) is 20.8 Å². The molecule has 4 heteroatoms. The van der Waals surface area contributed by atoms with Gasteiger partial charge in [0, 0.05) is 5.92 Å².